The Kier molecular flexibility index (Phi) is 6.84. The van der Waals surface area contributed by atoms with Gasteiger partial charge in [0.15, 0.2) is 0 Å². The zero-order valence-corrected chi connectivity index (χ0v) is 14.8. The number of rotatable bonds is 6. The number of morpholine rings is 1. The first-order valence-corrected chi connectivity index (χ1v) is 8.36. The van der Waals surface area contributed by atoms with Gasteiger partial charge in [-0.2, -0.15) is 0 Å². The van der Waals surface area contributed by atoms with Crippen LogP contribution in [0.15, 0.2) is 24.3 Å². The monoisotopic (exact) mass is 339 g/mol. The summed E-state index contributed by atoms with van der Waals surface area (Å²) in [5.74, 6) is 0.0235. The van der Waals surface area contributed by atoms with Crippen molar-refractivity contribution in [1.82, 2.24) is 15.1 Å². The molecular weight excluding hydrogens is 314 g/mol. The summed E-state index contributed by atoms with van der Waals surface area (Å²) in [4.78, 5) is 16.7. The van der Waals surface area contributed by atoms with Gasteiger partial charge in [0.1, 0.15) is 0 Å². The fourth-order valence-corrected chi connectivity index (χ4v) is 2.95. The quantitative estimate of drug-likeness (QED) is 0.855. The number of amides is 1. The van der Waals surface area contributed by atoms with Crippen LogP contribution in [0.2, 0.25) is 5.02 Å². The summed E-state index contributed by atoms with van der Waals surface area (Å²) in [7, 11) is 4.06. The highest BCUT2D eigenvalue weighted by molar-refractivity contribution is 6.31. The van der Waals surface area contributed by atoms with Crippen LogP contribution >= 0.6 is 11.6 Å². The van der Waals surface area contributed by atoms with Crippen molar-refractivity contribution in [1.29, 1.82) is 0 Å². The van der Waals surface area contributed by atoms with Crippen molar-refractivity contribution in [2.24, 2.45) is 0 Å². The number of hydrogen-bond donors (Lipinski definition) is 1. The molecular formula is C17H26ClN3O2. The summed E-state index contributed by atoms with van der Waals surface area (Å²) in [6.45, 7) is 5.49. The van der Waals surface area contributed by atoms with E-state index in [2.05, 4.69) is 15.1 Å². The van der Waals surface area contributed by atoms with Crippen LogP contribution in [-0.2, 0) is 16.1 Å². The van der Waals surface area contributed by atoms with E-state index in [0.29, 0.717) is 18.2 Å². The van der Waals surface area contributed by atoms with Crippen LogP contribution in [-0.4, -0.2) is 68.2 Å². The Hall–Kier alpha value is -1.14. The van der Waals surface area contributed by atoms with Gasteiger partial charge in [-0.05, 0) is 32.6 Å². The van der Waals surface area contributed by atoms with Crippen LogP contribution in [0.5, 0.6) is 0 Å². The normalized spacial score (nSPS) is 20.5. The van der Waals surface area contributed by atoms with Crippen molar-refractivity contribution in [3.8, 4) is 0 Å². The fourth-order valence-electron chi connectivity index (χ4n) is 2.75. The molecule has 1 aromatic carbocycles. The van der Waals surface area contributed by atoms with Crippen molar-refractivity contribution in [2.75, 3.05) is 40.3 Å². The Morgan fingerprint density at radius 3 is 2.91 bits per heavy atom. The molecule has 0 saturated carbocycles. The molecule has 0 aliphatic carbocycles. The van der Waals surface area contributed by atoms with E-state index in [4.69, 9.17) is 16.3 Å². The maximum atomic E-state index is 12.4. The van der Waals surface area contributed by atoms with Gasteiger partial charge in [-0.25, -0.2) is 0 Å². The van der Waals surface area contributed by atoms with Crippen molar-refractivity contribution >= 4 is 17.5 Å². The summed E-state index contributed by atoms with van der Waals surface area (Å²) in [5, 5.41) is 3.65. The predicted octanol–water partition coefficient (Wildman–Crippen LogP) is 1.61. The van der Waals surface area contributed by atoms with Crippen LogP contribution in [0.4, 0.5) is 0 Å². The molecule has 0 unspecified atom stereocenters. The molecule has 1 aliphatic heterocycles. The summed E-state index contributed by atoms with van der Waals surface area (Å²) < 4.78 is 5.76. The third-order valence-electron chi connectivity index (χ3n) is 4.08. The molecule has 1 aromatic rings. The van der Waals surface area contributed by atoms with Crippen LogP contribution in [0.1, 0.15) is 12.5 Å². The maximum absolute atomic E-state index is 12.4. The second-order valence-corrected chi connectivity index (χ2v) is 6.64. The fraction of sp³-hybridized carbons (Fsp3) is 0.588. The van der Waals surface area contributed by atoms with Gasteiger partial charge in [0.05, 0.1) is 18.8 Å². The number of benzene rings is 1. The molecule has 1 amide bonds. The van der Waals surface area contributed by atoms with E-state index in [1.54, 1.807) is 0 Å². The number of carbonyl (C=O) groups excluding carboxylic acids is 1. The highest BCUT2D eigenvalue weighted by Gasteiger charge is 2.28. The minimum atomic E-state index is -0.175. The predicted molar refractivity (Wildman–Crippen MR) is 92.6 cm³/mol. The van der Waals surface area contributed by atoms with Gasteiger partial charge >= 0.3 is 0 Å². The largest absolute Gasteiger partial charge is 0.374 e. The zero-order chi connectivity index (χ0) is 16.8. The van der Waals surface area contributed by atoms with E-state index in [9.17, 15) is 4.79 Å². The highest BCUT2D eigenvalue weighted by Crippen LogP contribution is 2.15. The Balaban J connectivity index is 1.85. The van der Waals surface area contributed by atoms with Gasteiger partial charge in [0, 0.05) is 31.2 Å². The Labute approximate surface area is 143 Å². The zero-order valence-electron chi connectivity index (χ0n) is 14.1. The van der Waals surface area contributed by atoms with Crippen molar-refractivity contribution < 1.29 is 9.53 Å². The van der Waals surface area contributed by atoms with Gasteiger partial charge in [-0.15, -0.1) is 0 Å². The number of nitrogens with one attached hydrogen (secondary N) is 1. The SMILES string of the molecule is C[C@@H](C(=O)NCc1ccccc1Cl)N1CCO[C@H](CN(C)C)C1. The minimum Gasteiger partial charge on any atom is -0.374 e. The molecule has 0 aromatic heterocycles. The summed E-state index contributed by atoms with van der Waals surface area (Å²) in [5.41, 5.74) is 0.933. The summed E-state index contributed by atoms with van der Waals surface area (Å²) >= 11 is 6.12. The topological polar surface area (TPSA) is 44.8 Å². The molecule has 23 heavy (non-hydrogen) atoms. The average Bonchev–Trinajstić information content (AvgIpc) is 2.52. The van der Waals surface area contributed by atoms with Crippen LogP contribution in [0.3, 0.4) is 0 Å². The molecule has 1 fully saturated rings. The van der Waals surface area contributed by atoms with Crippen LogP contribution in [0.25, 0.3) is 0 Å². The van der Waals surface area contributed by atoms with E-state index in [0.717, 1.165) is 25.2 Å². The Morgan fingerprint density at radius 1 is 1.48 bits per heavy atom. The van der Waals surface area contributed by atoms with Gasteiger partial charge in [0.2, 0.25) is 5.91 Å². The van der Waals surface area contributed by atoms with Gasteiger partial charge in [-0.1, -0.05) is 29.8 Å². The van der Waals surface area contributed by atoms with E-state index in [1.165, 1.54) is 0 Å². The molecule has 6 heteroatoms. The van der Waals surface area contributed by atoms with E-state index in [1.807, 2.05) is 45.3 Å². The first kappa shape index (κ1) is 18.2. The van der Waals surface area contributed by atoms with E-state index >= 15 is 0 Å². The number of nitrogens with zero attached hydrogens (tertiary/aromatic N) is 2. The van der Waals surface area contributed by atoms with Crippen molar-refractivity contribution in [3.05, 3.63) is 34.9 Å². The second-order valence-electron chi connectivity index (χ2n) is 6.24. The van der Waals surface area contributed by atoms with E-state index in [-0.39, 0.29) is 18.1 Å². The average molecular weight is 340 g/mol. The van der Waals surface area contributed by atoms with Gasteiger partial charge in [-0.3, -0.25) is 9.69 Å². The molecule has 1 heterocycles. The molecule has 128 valence electrons. The van der Waals surface area contributed by atoms with Crippen LogP contribution < -0.4 is 5.32 Å². The lowest BCUT2D eigenvalue weighted by Crippen LogP contribution is -2.53. The number of ether oxygens (including phenoxy) is 1. The molecule has 2 atom stereocenters. The lowest BCUT2D eigenvalue weighted by molar-refractivity contribution is -0.129. The van der Waals surface area contributed by atoms with Crippen LogP contribution in [0, 0.1) is 0 Å². The van der Waals surface area contributed by atoms with E-state index < -0.39 is 0 Å². The third-order valence-corrected chi connectivity index (χ3v) is 4.45. The third kappa shape index (κ3) is 5.46. The smallest absolute Gasteiger partial charge is 0.237 e. The first-order chi connectivity index (χ1) is 11.0. The Morgan fingerprint density at radius 2 is 2.22 bits per heavy atom. The second kappa shape index (κ2) is 8.64. The summed E-state index contributed by atoms with van der Waals surface area (Å²) in [6, 6.07) is 7.39. The number of hydrogen-bond acceptors (Lipinski definition) is 4. The molecule has 5 nitrogen and oxygen atoms in total. The maximum Gasteiger partial charge on any atom is 0.237 e. The molecule has 1 aliphatic rings. The molecule has 1 N–H and O–H groups in total. The Bertz CT molecular complexity index is 524. The van der Waals surface area contributed by atoms with Crippen molar-refractivity contribution in [3.63, 3.8) is 0 Å². The highest BCUT2D eigenvalue weighted by atomic mass is 35.5. The number of halogens is 1. The van der Waals surface area contributed by atoms with Gasteiger partial charge in [0.25, 0.3) is 0 Å². The first-order valence-electron chi connectivity index (χ1n) is 7.99. The molecule has 0 radical (unpaired) electrons. The lowest BCUT2D eigenvalue weighted by atomic mass is 10.1. The molecule has 0 spiro atoms. The number of carbonyl (C=O) groups is 1. The van der Waals surface area contributed by atoms with Crippen molar-refractivity contribution in [2.45, 2.75) is 25.6 Å². The lowest BCUT2D eigenvalue weighted by Gasteiger charge is -2.37. The number of likely N-dealkylation sites (N-methyl/N-ethyl adjacent to an activating group) is 1. The molecule has 0 bridgehead atoms. The molecule has 1 saturated heterocycles. The standard InChI is InChI=1S/C17H26ClN3O2/c1-13(21-8-9-23-15(12-21)11-20(2)3)17(22)19-10-14-6-4-5-7-16(14)18/h4-7,13,15H,8-12H2,1-3H3,(H,19,22)/t13-,15+/m0/s1. The summed E-state index contributed by atoms with van der Waals surface area (Å²) in [6.07, 6.45) is 0.151. The van der Waals surface area contributed by atoms with Gasteiger partial charge < -0.3 is 15.0 Å². The minimum absolute atomic E-state index is 0.0235. The molecule has 2 rings (SSSR count).